The maximum absolute atomic E-state index is 5.38. The lowest BCUT2D eigenvalue weighted by Crippen LogP contribution is -2.60. The van der Waals surface area contributed by atoms with Crippen molar-refractivity contribution in [1.29, 1.82) is 0 Å². The molecule has 5 rings (SSSR count). The van der Waals surface area contributed by atoms with Crippen molar-refractivity contribution in [3.63, 3.8) is 0 Å². The molecule has 3 aliphatic heterocycles. The van der Waals surface area contributed by atoms with E-state index >= 15 is 0 Å². The summed E-state index contributed by atoms with van der Waals surface area (Å²) < 4.78 is 7.35. The van der Waals surface area contributed by atoms with Gasteiger partial charge in [0.25, 0.3) is 0 Å². The largest absolute Gasteiger partial charge is 0.378 e. The van der Waals surface area contributed by atoms with E-state index in [4.69, 9.17) is 4.74 Å². The molecule has 0 spiro atoms. The fraction of sp³-hybridized carbons (Fsp3) is 0.550. The Morgan fingerprint density at radius 2 is 2.22 bits per heavy atom. The summed E-state index contributed by atoms with van der Waals surface area (Å²) in [6.07, 6.45) is 8.33. The van der Waals surface area contributed by atoms with Crippen LogP contribution in [0.15, 0.2) is 36.8 Å². The van der Waals surface area contributed by atoms with E-state index in [1.54, 1.807) is 0 Å². The number of hydrogen-bond acceptors (Lipinski definition) is 6. The van der Waals surface area contributed by atoms with Crippen molar-refractivity contribution in [2.24, 2.45) is 0 Å². The highest BCUT2D eigenvalue weighted by molar-refractivity contribution is 5.74. The Bertz CT molecular complexity index is 829. The fourth-order valence-electron chi connectivity index (χ4n) is 4.40. The third-order valence-electron chi connectivity index (χ3n) is 5.96. The Kier molecular flexibility index (Phi) is 4.61. The molecule has 5 heterocycles. The van der Waals surface area contributed by atoms with E-state index in [0.29, 0.717) is 12.1 Å². The van der Waals surface area contributed by atoms with Gasteiger partial charge in [0.05, 0.1) is 43.3 Å². The highest BCUT2D eigenvalue weighted by Crippen LogP contribution is 2.24. The standard InChI is InChI=1S/C20H28N6O/c1-16-11-23(7-8-25(16)18-13-27-14-18)12-17-3-6-26-19(9-17)20(10-22-26)24-5-2-4-21-15-24/h2-3,5-6,9-10,16,18,21H,4,7-8,11-15H2,1H3. The molecule has 27 heavy (non-hydrogen) atoms. The van der Waals surface area contributed by atoms with Crippen molar-refractivity contribution in [1.82, 2.24) is 24.7 Å². The van der Waals surface area contributed by atoms with Gasteiger partial charge in [0.15, 0.2) is 0 Å². The summed E-state index contributed by atoms with van der Waals surface area (Å²) in [6, 6.07) is 5.72. The van der Waals surface area contributed by atoms with Crippen LogP contribution in [0.2, 0.25) is 0 Å². The lowest BCUT2D eigenvalue weighted by atomic mass is 10.1. The van der Waals surface area contributed by atoms with Crippen molar-refractivity contribution in [3.05, 3.63) is 42.4 Å². The average molecular weight is 368 g/mol. The molecule has 2 saturated heterocycles. The summed E-state index contributed by atoms with van der Waals surface area (Å²) >= 11 is 0. The SMILES string of the molecule is CC1CN(Cc2ccn3ncc(N4C=CCNC4)c3c2)CCN1C1COC1. The molecule has 2 fully saturated rings. The van der Waals surface area contributed by atoms with E-state index in [9.17, 15) is 0 Å². The minimum atomic E-state index is 0.589. The smallest absolute Gasteiger partial charge is 0.0902 e. The molecule has 7 heteroatoms. The first-order valence-corrected chi connectivity index (χ1v) is 9.94. The zero-order valence-electron chi connectivity index (χ0n) is 15.9. The van der Waals surface area contributed by atoms with Crippen LogP contribution in [-0.2, 0) is 11.3 Å². The van der Waals surface area contributed by atoms with Crippen LogP contribution in [0.5, 0.6) is 0 Å². The summed E-state index contributed by atoms with van der Waals surface area (Å²) in [7, 11) is 0. The first-order valence-electron chi connectivity index (χ1n) is 9.94. The van der Waals surface area contributed by atoms with Crippen LogP contribution in [0.1, 0.15) is 12.5 Å². The Morgan fingerprint density at radius 1 is 1.30 bits per heavy atom. The minimum absolute atomic E-state index is 0.589. The van der Waals surface area contributed by atoms with Gasteiger partial charge in [-0.2, -0.15) is 5.10 Å². The van der Waals surface area contributed by atoms with Gasteiger partial charge >= 0.3 is 0 Å². The minimum Gasteiger partial charge on any atom is -0.378 e. The van der Waals surface area contributed by atoms with Crippen molar-refractivity contribution in [2.45, 2.75) is 25.6 Å². The number of rotatable bonds is 4. The molecule has 0 bridgehead atoms. The topological polar surface area (TPSA) is 48.3 Å². The summed E-state index contributed by atoms with van der Waals surface area (Å²) in [5.74, 6) is 0. The molecule has 0 saturated carbocycles. The molecular formula is C20H28N6O. The normalized spacial score (nSPS) is 25.2. The Balaban J connectivity index is 1.30. The number of ether oxygens (including phenoxy) is 1. The van der Waals surface area contributed by atoms with Gasteiger partial charge in [-0.05, 0) is 24.6 Å². The van der Waals surface area contributed by atoms with Crippen LogP contribution in [0.25, 0.3) is 5.52 Å². The maximum Gasteiger partial charge on any atom is 0.0902 e. The van der Waals surface area contributed by atoms with Crippen LogP contribution in [-0.4, -0.2) is 77.6 Å². The molecule has 0 amide bonds. The molecule has 0 aliphatic carbocycles. The predicted octanol–water partition coefficient (Wildman–Crippen LogP) is 1.12. The maximum atomic E-state index is 5.38. The van der Waals surface area contributed by atoms with Gasteiger partial charge in [-0.15, -0.1) is 0 Å². The molecule has 0 aromatic carbocycles. The number of nitrogens with one attached hydrogen (secondary N) is 1. The lowest BCUT2D eigenvalue weighted by Gasteiger charge is -2.46. The molecule has 1 atom stereocenters. The lowest BCUT2D eigenvalue weighted by molar-refractivity contribution is -0.0940. The van der Waals surface area contributed by atoms with Gasteiger partial charge in [0.1, 0.15) is 0 Å². The summed E-state index contributed by atoms with van der Waals surface area (Å²) in [5.41, 5.74) is 3.67. The van der Waals surface area contributed by atoms with E-state index in [2.05, 4.69) is 62.6 Å². The molecule has 2 aromatic heterocycles. The number of pyridine rings is 1. The van der Waals surface area contributed by atoms with Crippen LogP contribution in [0, 0.1) is 0 Å². The second-order valence-corrected chi connectivity index (χ2v) is 7.87. The van der Waals surface area contributed by atoms with Crippen LogP contribution in [0.3, 0.4) is 0 Å². The molecule has 1 N–H and O–H groups in total. The van der Waals surface area contributed by atoms with Crippen molar-refractivity contribution in [3.8, 4) is 0 Å². The second kappa shape index (κ2) is 7.24. The zero-order chi connectivity index (χ0) is 18.2. The molecular weight excluding hydrogens is 340 g/mol. The molecule has 0 radical (unpaired) electrons. The summed E-state index contributed by atoms with van der Waals surface area (Å²) in [5, 5.41) is 7.90. The van der Waals surface area contributed by atoms with Crippen LogP contribution >= 0.6 is 0 Å². The number of nitrogens with zero attached hydrogens (tertiary/aromatic N) is 5. The van der Waals surface area contributed by atoms with Gasteiger partial charge < -0.3 is 9.64 Å². The monoisotopic (exact) mass is 368 g/mol. The Morgan fingerprint density at radius 3 is 2.96 bits per heavy atom. The Hall–Kier alpha value is -1.93. The first kappa shape index (κ1) is 17.2. The zero-order valence-corrected chi connectivity index (χ0v) is 15.9. The summed E-state index contributed by atoms with van der Waals surface area (Å²) in [6.45, 7) is 10.3. The first-order chi connectivity index (χ1) is 13.3. The van der Waals surface area contributed by atoms with Crippen LogP contribution in [0.4, 0.5) is 5.69 Å². The number of aromatic nitrogens is 2. The van der Waals surface area contributed by atoms with E-state index in [0.717, 1.165) is 58.3 Å². The number of piperazine rings is 1. The fourth-order valence-corrected chi connectivity index (χ4v) is 4.40. The van der Waals surface area contributed by atoms with Crippen molar-refractivity contribution >= 4 is 11.2 Å². The van der Waals surface area contributed by atoms with E-state index < -0.39 is 0 Å². The molecule has 7 nitrogen and oxygen atoms in total. The quantitative estimate of drug-likeness (QED) is 0.873. The van der Waals surface area contributed by atoms with Gasteiger partial charge in [0.2, 0.25) is 0 Å². The van der Waals surface area contributed by atoms with E-state index in [1.807, 2.05) is 10.7 Å². The molecule has 144 valence electrons. The third kappa shape index (κ3) is 3.36. The predicted molar refractivity (Wildman–Crippen MR) is 106 cm³/mol. The summed E-state index contributed by atoms with van der Waals surface area (Å²) in [4.78, 5) is 7.41. The van der Waals surface area contributed by atoms with Crippen molar-refractivity contribution < 1.29 is 4.74 Å². The average Bonchev–Trinajstić information content (AvgIpc) is 3.06. The van der Waals surface area contributed by atoms with Gasteiger partial charge in [-0.3, -0.25) is 15.1 Å². The molecule has 2 aromatic rings. The molecule has 1 unspecified atom stereocenters. The number of anilines is 1. The van der Waals surface area contributed by atoms with Crippen molar-refractivity contribution in [2.75, 3.05) is 51.0 Å². The van der Waals surface area contributed by atoms with E-state index in [1.165, 1.54) is 11.1 Å². The number of hydrogen-bond donors (Lipinski definition) is 1. The third-order valence-corrected chi connectivity index (χ3v) is 5.96. The Labute approximate surface area is 160 Å². The van der Waals surface area contributed by atoms with Gasteiger partial charge in [-0.1, -0.05) is 6.08 Å². The van der Waals surface area contributed by atoms with Gasteiger partial charge in [-0.25, -0.2) is 4.52 Å². The number of fused-ring (bicyclic) bond motifs is 1. The second-order valence-electron chi connectivity index (χ2n) is 7.87. The molecule has 3 aliphatic rings. The highest BCUT2D eigenvalue weighted by atomic mass is 16.5. The van der Waals surface area contributed by atoms with E-state index in [-0.39, 0.29) is 0 Å². The van der Waals surface area contributed by atoms with Crippen LogP contribution < -0.4 is 10.2 Å². The highest BCUT2D eigenvalue weighted by Gasteiger charge is 2.33. The van der Waals surface area contributed by atoms with Gasteiger partial charge in [0, 0.05) is 51.2 Å².